The fourth-order valence-corrected chi connectivity index (χ4v) is 3.93. The second-order valence-electron chi connectivity index (χ2n) is 6.40. The molecule has 0 bridgehead atoms. The highest BCUT2D eigenvalue weighted by molar-refractivity contribution is 7.13. The normalized spacial score (nSPS) is 20.8. The Morgan fingerprint density at radius 1 is 1.29 bits per heavy atom. The first kappa shape index (κ1) is 17.1. The highest BCUT2D eigenvalue weighted by Gasteiger charge is 2.24. The molecular weight excluding hydrogens is 320 g/mol. The van der Waals surface area contributed by atoms with E-state index in [9.17, 15) is 9.90 Å². The first-order valence-corrected chi connectivity index (χ1v) is 9.55. The molecule has 1 heterocycles. The molecule has 3 rings (SSSR count). The molecule has 4 nitrogen and oxygen atoms in total. The quantitative estimate of drug-likeness (QED) is 0.874. The Labute approximate surface area is 146 Å². The molecule has 5 heteroatoms. The number of benzene rings is 1. The Morgan fingerprint density at radius 2 is 2.04 bits per heavy atom. The van der Waals surface area contributed by atoms with E-state index in [1.54, 1.807) is 11.3 Å². The van der Waals surface area contributed by atoms with Gasteiger partial charge in [0.25, 0.3) is 0 Å². The van der Waals surface area contributed by atoms with Gasteiger partial charge in [0.2, 0.25) is 5.91 Å². The van der Waals surface area contributed by atoms with Crippen molar-refractivity contribution in [3.8, 4) is 10.6 Å². The van der Waals surface area contributed by atoms with Crippen LogP contribution in [0.3, 0.4) is 0 Å². The summed E-state index contributed by atoms with van der Waals surface area (Å²) in [6.07, 6.45) is 4.63. The summed E-state index contributed by atoms with van der Waals surface area (Å²) in [7, 11) is 0. The zero-order valence-electron chi connectivity index (χ0n) is 14.0. The number of amides is 1. The predicted molar refractivity (Wildman–Crippen MR) is 97.0 cm³/mol. The molecule has 2 aromatic rings. The zero-order chi connectivity index (χ0) is 16.9. The van der Waals surface area contributed by atoms with Crippen LogP contribution in [0.1, 0.15) is 43.9 Å². The topological polar surface area (TPSA) is 62.2 Å². The van der Waals surface area contributed by atoms with Gasteiger partial charge in [-0.3, -0.25) is 4.79 Å². The Hall–Kier alpha value is -1.72. The third-order valence-electron chi connectivity index (χ3n) is 4.58. The van der Waals surface area contributed by atoms with Crippen LogP contribution in [0.4, 0.5) is 0 Å². The van der Waals surface area contributed by atoms with Gasteiger partial charge in [0.15, 0.2) is 0 Å². The summed E-state index contributed by atoms with van der Waals surface area (Å²) in [4.78, 5) is 16.8. The van der Waals surface area contributed by atoms with Gasteiger partial charge in [-0.15, -0.1) is 11.3 Å². The van der Waals surface area contributed by atoms with E-state index in [1.807, 2.05) is 5.38 Å². The molecule has 0 aliphatic heterocycles. The van der Waals surface area contributed by atoms with Crippen LogP contribution in [-0.4, -0.2) is 28.1 Å². The average molecular weight is 344 g/mol. The van der Waals surface area contributed by atoms with Crippen molar-refractivity contribution in [2.75, 3.05) is 0 Å². The Bertz CT molecular complexity index is 681. The Morgan fingerprint density at radius 3 is 2.75 bits per heavy atom. The summed E-state index contributed by atoms with van der Waals surface area (Å²) in [6.45, 7) is 2.14. The lowest BCUT2D eigenvalue weighted by molar-refractivity contribution is -0.122. The number of carbonyl (C=O) groups excluding carboxylic acids is 1. The van der Waals surface area contributed by atoms with Crippen molar-refractivity contribution in [1.29, 1.82) is 0 Å². The van der Waals surface area contributed by atoms with Crippen LogP contribution in [0.15, 0.2) is 29.6 Å². The van der Waals surface area contributed by atoms with Gasteiger partial charge in [-0.05, 0) is 24.8 Å². The zero-order valence-corrected chi connectivity index (χ0v) is 14.8. The number of carbonyl (C=O) groups is 1. The number of hydrogen-bond acceptors (Lipinski definition) is 4. The number of nitrogens with one attached hydrogen (secondary N) is 1. The minimum atomic E-state index is -0.411. The van der Waals surface area contributed by atoms with Crippen molar-refractivity contribution in [1.82, 2.24) is 10.3 Å². The van der Waals surface area contributed by atoms with E-state index in [-0.39, 0.29) is 18.4 Å². The van der Waals surface area contributed by atoms with Crippen molar-refractivity contribution in [3.63, 3.8) is 0 Å². The smallest absolute Gasteiger partial charge is 0.226 e. The highest BCUT2D eigenvalue weighted by atomic mass is 32.1. The van der Waals surface area contributed by atoms with Crippen molar-refractivity contribution < 1.29 is 9.90 Å². The summed E-state index contributed by atoms with van der Waals surface area (Å²) in [5.41, 5.74) is 3.19. The molecule has 0 spiro atoms. The molecule has 1 aliphatic rings. The van der Waals surface area contributed by atoms with Crippen LogP contribution in [0.2, 0.25) is 0 Å². The largest absolute Gasteiger partial charge is 0.391 e. The van der Waals surface area contributed by atoms with Crippen molar-refractivity contribution >= 4 is 17.2 Å². The number of rotatable bonds is 5. The lowest BCUT2D eigenvalue weighted by atomic mass is 9.92. The van der Waals surface area contributed by atoms with E-state index < -0.39 is 6.10 Å². The van der Waals surface area contributed by atoms with Gasteiger partial charge in [0.05, 0.1) is 24.3 Å². The SMILES string of the molecule is CCc1ccc(-c2nc(CC(=O)NC3CCCCC3O)cs2)cc1. The third-order valence-corrected chi connectivity index (χ3v) is 5.52. The first-order chi connectivity index (χ1) is 11.7. The maximum absolute atomic E-state index is 12.2. The maximum atomic E-state index is 12.2. The van der Waals surface area contributed by atoms with Crippen LogP contribution in [0.25, 0.3) is 10.6 Å². The van der Waals surface area contributed by atoms with Crippen LogP contribution < -0.4 is 5.32 Å². The van der Waals surface area contributed by atoms with Gasteiger partial charge in [-0.2, -0.15) is 0 Å². The number of thiazole rings is 1. The van der Waals surface area contributed by atoms with Crippen LogP contribution in [-0.2, 0) is 17.6 Å². The molecule has 1 fully saturated rings. The highest BCUT2D eigenvalue weighted by Crippen LogP contribution is 2.24. The molecule has 0 saturated heterocycles. The van der Waals surface area contributed by atoms with Gasteiger partial charge < -0.3 is 10.4 Å². The molecule has 128 valence electrons. The van der Waals surface area contributed by atoms with E-state index in [0.29, 0.717) is 0 Å². The van der Waals surface area contributed by atoms with E-state index >= 15 is 0 Å². The molecule has 2 N–H and O–H groups in total. The minimum Gasteiger partial charge on any atom is -0.391 e. The molecule has 1 saturated carbocycles. The second kappa shape index (κ2) is 7.90. The van der Waals surface area contributed by atoms with E-state index in [0.717, 1.165) is 48.4 Å². The van der Waals surface area contributed by atoms with Gasteiger partial charge in [-0.25, -0.2) is 4.98 Å². The third kappa shape index (κ3) is 4.22. The maximum Gasteiger partial charge on any atom is 0.226 e. The lowest BCUT2D eigenvalue weighted by Crippen LogP contribution is -2.45. The van der Waals surface area contributed by atoms with Crippen molar-refractivity contribution in [3.05, 3.63) is 40.9 Å². The molecule has 1 aromatic heterocycles. The number of aryl methyl sites for hydroxylation is 1. The Kier molecular flexibility index (Phi) is 5.63. The average Bonchev–Trinajstić information content (AvgIpc) is 3.05. The predicted octanol–water partition coefficient (Wildman–Crippen LogP) is 3.33. The molecule has 1 aromatic carbocycles. The van der Waals surface area contributed by atoms with Crippen molar-refractivity contribution in [2.24, 2.45) is 0 Å². The van der Waals surface area contributed by atoms with Gasteiger partial charge >= 0.3 is 0 Å². The molecular formula is C19H24N2O2S. The van der Waals surface area contributed by atoms with E-state index in [2.05, 4.69) is 41.5 Å². The summed E-state index contributed by atoms with van der Waals surface area (Å²) < 4.78 is 0. The van der Waals surface area contributed by atoms with Crippen LogP contribution >= 0.6 is 11.3 Å². The van der Waals surface area contributed by atoms with E-state index in [1.165, 1.54) is 5.56 Å². The lowest BCUT2D eigenvalue weighted by Gasteiger charge is -2.28. The molecule has 1 aliphatic carbocycles. The number of aliphatic hydroxyl groups is 1. The number of nitrogens with zero attached hydrogens (tertiary/aromatic N) is 1. The molecule has 2 unspecified atom stereocenters. The monoisotopic (exact) mass is 344 g/mol. The van der Waals surface area contributed by atoms with E-state index in [4.69, 9.17) is 0 Å². The summed E-state index contributed by atoms with van der Waals surface area (Å²) >= 11 is 1.56. The van der Waals surface area contributed by atoms with Gasteiger partial charge in [0, 0.05) is 10.9 Å². The number of aromatic nitrogens is 1. The van der Waals surface area contributed by atoms with Crippen molar-refractivity contribution in [2.45, 2.75) is 57.6 Å². The summed E-state index contributed by atoms with van der Waals surface area (Å²) in [6, 6.07) is 8.30. The standard InChI is InChI=1S/C19H24N2O2S/c1-2-13-7-9-14(10-8-13)19-20-15(12-24-19)11-18(23)21-16-5-3-4-6-17(16)22/h7-10,12,16-17,22H,2-6,11H2,1H3,(H,21,23). The molecule has 24 heavy (non-hydrogen) atoms. The van der Waals surface area contributed by atoms with Gasteiger partial charge in [-0.1, -0.05) is 44.0 Å². The Balaban J connectivity index is 1.59. The second-order valence-corrected chi connectivity index (χ2v) is 7.26. The first-order valence-electron chi connectivity index (χ1n) is 8.67. The summed E-state index contributed by atoms with van der Waals surface area (Å²) in [5.74, 6) is -0.0564. The molecule has 0 radical (unpaired) electrons. The molecule has 2 atom stereocenters. The van der Waals surface area contributed by atoms with Crippen LogP contribution in [0.5, 0.6) is 0 Å². The summed E-state index contributed by atoms with van der Waals surface area (Å²) in [5, 5.41) is 15.8. The minimum absolute atomic E-state index is 0.0564. The fourth-order valence-electron chi connectivity index (χ4n) is 3.11. The number of hydrogen-bond donors (Lipinski definition) is 2. The van der Waals surface area contributed by atoms with Crippen LogP contribution in [0, 0.1) is 0 Å². The van der Waals surface area contributed by atoms with Gasteiger partial charge in [0.1, 0.15) is 5.01 Å². The molecule has 1 amide bonds. The number of aliphatic hydroxyl groups excluding tert-OH is 1. The fraction of sp³-hybridized carbons (Fsp3) is 0.474.